The molecule has 0 spiro atoms. The minimum Gasteiger partial charge on any atom is -0.486 e. The van der Waals surface area contributed by atoms with Crippen molar-refractivity contribution in [2.45, 2.75) is 39.5 Å². The number of rotatable bonds is 10. The lowest BCUT2D eigenvalue weighted by Gasteiger charge is -2.20. The topological polar surface area (TPSA) is 77.0 Å². The fourth-order valence-electron chi connectivity index (χ4n) is 4.11. The molecule has 0 aromatic heterocycles. The molecule has 0 radical (unpaired) electrons. The molecule has 2 N–H and O–H groups in total. The van der Waals surface area contributed by atoms with Crippen LogP contribution in [-0.2, 0) is 17.9 Å². The van der Waals surface area contributed by atoms with Crippen molar-refractivity contribution in [2.75, 3.05) is 19.8 Å². The lowest BCUT2D eigenvalue weighted by molar-refractivity contribution is -0.118. The zero-order valence-electron chi connectivity index (χ0n) is 20.3. The monoisotopic (exact) mass is 497 g/mol. The SMILES string of the molecule is CC(=O)C[C@H](O)CNCc1cc(F)c(OCc2cccc(-c3ccc4c(c3)OCCO4)c2C)cc1F. The Kier molecular flexibility index (Phi) is 8.18. The summed E-state index contributed by atoms with van der Waals surface area (Å²) in [5.41, 5.74) is 3.84. The Morgan fingerprint density at radius 1 is 1.06 bits per heavy atom. The van der Waals surface area contributed by atoms with Crippen molar-refractivity contribution in [3.8, 4) is 28.4 Å². The molecule has 0 unspecified atom stereocenters. The number of hydrogen-bond acceptors (Lipinski definition) is 6. The Hall–Kier alpha value is -3.49. The molecule has 0 amide bonds. The van der Waals surface area contributed by atoms with Gasteiger partial charge in [0.15, 0.2) is 23.1 Å². The second-order valence-corrected chi connectivity index (χ2v) is 8.80. The van der Waals surface area contributed by atoms with Crippen molar-refractivity contribution < 1.29 is 32.9 Å². The van der Waals surface area contributed by atoms with E-state index in [-0.39, 0.29) is 43.2 Å². The fraction of sp³-hybridized carbons (Fsp3) is 0.321. The van der Waals surface area contributed by atoms with Gasteiger partial charge < -0.3 is 24.6 Å². The number of benzene rings is 3. The Bertz CT molecular complexity index is 1250. The first-order chi connectivity index (χ1) is 17.3. The number of carbonyl (C=O) groups excluding carboxylic acids is 1. The molecule has 8 heteroatoms. The van der Waals surface area contributed by atoms with Gasteiger partial charge in [0.2, 0.25) is 0 Å². The summed E-state index contributed by atoms with van der Waals surface area (Å²) in [5.74, 6) is -0.224. The fourth-order valence-corrected chi connectivity index (χ4v) is 4.11. The van der Waals surface area contributed by atoms with E-state index in [9.17, 15) is 18.7 Å². The zero-order chi connectivity index (χ0) is 25.7. The standard InChI is InChI=1S/C28H29F2NO5/c1-17(32)10-22(33)15-31-14-21-11-25(30)27(13-24(21)29)36-16-20-4-3-5-23(18(20)2)19-6-7-26-28(12-19)35-9-8-34-26/h3-7,11-13,22,31,33H,8-10,14-16H2,1-2H3/t22-/m0/s1. The Labute approximate surface area is 208 Å². The number of nitrogens with one attached hydrogen (secondary N) is 1. The average molecular weight is 498 g/mol. The van der Waals surface area contributed by atoms with Gasteiger partial charge in [0.25, 0.3) is 0 Å². The largest absolute Gasteiger partial charge is 0.486 e. The summed E-state index contributed by atoms with van der Waals surface area (Å²) in [6, 6.07) is 13.6. The lowest BCUT2D eigenvalue weighted by atomic mass is 9.96. The predicted molar refractivity (Wildman–Crippen MR) is 131 cm³/mol. The molecule has 0 bridgehead atoms. The van der Waals surface area contributed by atoms with Crippen molar-refractivity contribution in [1.82, 2.24) is 5.32 Å². The van der Waals surface area contributed by atoms with Crippen molar-refractivity contribution in [1.29, 1.82) is 0 Å². The molecule has 1 atom stereocenters. The molecule has 1 aliphatic heterocycles. The lowest BCUT2D eigenvalue weighted by Crippen LogP contribution is -2.28. The summed E-state index contributed by atoms with van der Waals surface area (Å²) in [6.07, 6.45) is -0.870. The van der Waals surface area contributed by atoms with Crippen LogP contribution in [0.3, 0.4) is 0 Å². The third-order valence-electron chi connectivity index (χ3n) is 6.00. The van der Waals surface area contributed by atoms with Gasteiger partial charge in [0.05, 0.1) is 6.10 Å². The molecule has 0 saturated heterocycles. The summed E-state index contributed by atoms with van der Waals surface area (Å²) in [7, 11) is 0. The van der Waals surface area contributed by atoms with Crippen molar-refractivity contribution in [3.63, 3.8) is 0 Å². The van der Waals surface area contributed by atoms with Gasteiger partial charge in [-0.25, -0.2) is 8.78 Å². The highest BCUT2D eigenvalue weighted by Gasteiger charge is 2.16. The van der Waals surface area contributed by atoms with Gasteiger partial charge in [0, 0.05) is 31.1 Å². The summed E-state index contributed by atoms with van der Waals surface area (Å²) >= 11 is 0. The van der Waals surface area contributed by atoms with E-state index in [0.29, 0.717) is 24.7 Å². The van der Waals surface area contributed by atoms with Crippen molar-refractivity contribution in [2.24, 2.45) is 0 Å². The number of ether oxygens (including phenoxy) is 3. The highest BCUT2D eigenvalue weighted by atomic mass is 19.1. The van der Waals surface area contributed by atoms with E-state index >= 15 is 0 Å². The second-order valence-electron chi connectivity index (χ2n) is 8.80. The van der Waals surface area contributed by atoms with Gasteiger partial charge >= 0.3 is 0 Å². The third-order valence-corrected chi connectivity index (χ3v) is 6.00. The predicted octanol–water partition coefficient (Wildman–Crippen LogP) is 4.72. The van der Waals surface area contributed by atoms with Gasteiger partial charge in [-0.2, -0.15) is 0 Å². The number of ketones is 1. The molecule has 190 valence electrons. The van der Waals surface area contributed by atoms with Crippen LogP contribution in [-0.4, -0.2) is 36.8 Å². The number of carbonyl (C=O) groups is 1. The molecule has 36 heavy (non-hydrogen) atoms. The molecule has 1 aliphatic rings. The van der Waals surface area contributed by atoms with Gasteiger partial charge in [-0.1, -0.05) is 24.3 Å². The zero-order valence-corrected chi connectivity index (χ0v) is 20.3. The molecule has 4 rings (SSSR count). The third kappa shape index (κ3) is 6.19. The Balaban J connectivity index is 1.42. The van der Waals surface area contributed by atoms with Crippen LogP contribution in [0.15, 0.2) is 48.5 Å². The molecular formula is C28H29F2NO5. The van der Waals surface area contributed by atoms with E-state index < -0.39 is 17.7 Å². The van der Waals surface area contributed by atoms with Crippen LogP contribution in [0.5, 0.6) is 17.2 Å². The van der Waals surface area contributed by atoms with Crippen LogP contribution < -0.4 is 19.5 Å². The number of hydrogen-bond donors (Lipinski definition) is 2. The quantitative estimate of drug-likeness (QED) is 0.422. The number of aliphatic hydroxyl groups excluding tert-OH is 1. The first-order valence-corrected chi connectivity index (χ1v) is 11.8. The number of aliphatic hydroxyl groups is 1. The molecule has 3 aromatic carbocycles. The second kappa shape index (κ2) is 11.5. The van der Waals surface area contributed by atoms with E-state index in [4.69, 9.17) is 14.2 Å². The highest BCUT2D eigenvalue weighted by molar-refractivity contribution is 5.76. The molecule has 0 saturated carbocycles. The maximum atomic E-state index is 14.7. The molecule has 3 aromatic rings. The summed E-state index contributed by atoms with van der Waals surface area (Å²) < 4.78 is 46.2. The van der Waals surface area contributed by atoms with Crippen molar-refractivity contribution in [3.05, 3.63) is 76.9 Å². The van der Waals surface area contributed by atoms with E-state index in [1.807, 2.05) is 43.3 Å². The summed E-state index contributed by atoms with van der Waals surface area (Å²) in [6.45, 7) is 4.53. The smallest absolute Gasteiger partial charge is 0.165 e. The van der Waals surface area contributed by atoms with Crippen molar-refractivity contribution >= 4 is 5.78 Å². The normalized spacial score (nSPS) is 13.4. The van der Waals surface area contributed by atoms with Gasteiger partial charge in [-0.3, -0.25) is 4.79 Å². The maximum absolute atomic E-state index is 14.7. The first kappa shape index (κ1) is 25.6. The minimum absolute atomic E-state index is 0.00586. The summed E-state index contributed by atoms with van der Waals surface area (Å²) in [5, 5.41) is 12.6. The van der Waals surface area contributed by atoms with Gasteiger partial charge in [0.1, 0.15) is 31.4 Å². The van der Waals surface area contributed by atoms with Crippen LogP contribution in [0.1, 0.15) is 30.0 Å². The van der Waals surface area contributed by atoms with Crippen LogP contribution in [0.2, 0.25) is 0 Å². The molecule has 0 fully saturated rings. The van der Waals surface area contributed by atoms with Crippen LogP contribution in [0.4, 0.5) is 8.78 Å². The Morgan fingerprint density at radius 3 is 2.61 bits per heavy atom. The van der Waals surface area contributed by atoms with Gasteiger partial charge in [-0.05, 0) is 54.3 Å². The van der Waals surface area contributed by atoms with E-state index in [0.717, 1.165) is 34.4 Å². The number of halogens is 2. The molecule has 6 nitrogen and oxygen atoms in total. The van der Waals surface area contributed by atoms with E-state index in [1.165, 1.54) is 6.92 Å². The maximum Gasteiger partial charge on any atom is 0.165 e. The minimum atomic E-state index is -0.876. The first-order valence-electron chi connectivity index (χ1n) is 11.8. The van der Waals surface area contributed by atoms with Crippen LogP contribution in [0.25, 0.3) is 11.1 Å². The highest BCUT2D eigenvalue weighted by Crippen LogP contribution is 2.36. The van der Waals surface area contributed by atoms with E-state index in [2.05, 4.69) is 5.32 Å². The van der Waals surface area contributed by atoms with Gasteiger partial charge in [-0.15, -0.1) is 0 Å². The molecule has 1 heterocycles. The van der Waals surface area contributed by atoms with E-state index in [1.54, 1.807) is 0 Å². The molecular weight excluding hydrogens is 468 g/mol. The van der Waals surface area contributed by atoms with Crippen LogP contribution >= 0.6 is 0 Å². The number of fused-ring (bicyclic) bond motifs is 1. The molecule has 0 aliphatic carbocycles. The van der Waals surface area contributed by atoms with Crippen LogP contribution in [0, 0.1) is 18.6 Å². The Morgan fingerprint density at radius 2 is 1.83 bits per heavy atom. The average Bonchev–Trinajstić information content (AvgIpc) is 2.85. The summed E-state index contributed by atoms with van der Waals surface area (Å²) in [4.78, 5) is 11.0. The number of Topliss-reactive ketones (excluding diaryl/α,β-unsaturated/α-hetero) is 1.